The minimum atomic E-state index is -0.142. The zero-order chi connectivity index (χ0) is 13.0. The van der Waals surface area contributed by atoms with Gasteiger partial charge in [-0.05, 0) is 49.8 Å². The Morgan fingerprint density at radius 3 is 2.78 bits per heavy atom. The van der Waals surface area contributed by atoms with Crippen molar-refractivity contribution < 1.29 is 5.11 Å². The first-order valence-corrected chi connectivity index (χ1v) is 7.66. The van der Waals surface area contributed by atoms with Gasteiger partial charge in [0.1, 0.15) is 0 Å². The summed E-state index contributed by atoms with van der Waals surface area (Å²) < 4.78 is 1.23. The van der Waals surface area contributed by atoms with E-state index >= 15 is 0 Å². The SMILES string of the molecule is CCC(O)CCNC1CC(c2ccccc2Br)C1. The predicted octanol–water partition coefficient (Wildman–Crippen LogP) is 3.45. The third kappa shape index (κ3) is 3.56. The molecule has 1 aliphatic carbocycles. The molecule has 1 aliphatic rings. The Kier molecular flexibility index (Phi) is 5.22. The first kappa shape index (κ1) is 14.0. The van der Waals surface area contributed by atoms with Gasteiger partial charge in [-0.15, -0.1) is 0 Å². The molecule has 1 unspecified atom stereocenters. The van der Waals surface area contributed by atoms with Gasteiger partial charge in [-0.1, -0.05) is 41.1 Å². The van der Waals surface area contributed by atoms with E-state index in [9.17, 15) is 5.11 Å². The summed E-state index contributed by atoms with van der Waals surface area (Å²) >= 11 is 3.62. The molecular weight excluding hydrogens is 290 g/mol. The lowest BCUT2D eigenvalue weighted by Gasteiger charge is -2.37. The van der Waals surface area contributed by atoms with Crippen molar-refractivity contribution in [1.29, 1.82) is 0 Å². The number of benzene rings is 1. The molecule has 1 fully saturated rings. The fourth-order valence-corrected chi connectivity index (χ4v) is 3.11. The van der Waals surface area contributed by atoms with Crippen molar-refractivity contribution in [3.8, 4) is 0 Å². The Morgan fingerprint density at radius 1 is 1.39 bits per heavy atom. The van der Waals surface area contributed by atoms with Crippen LogP contribution in [-0.4, -0.2) is 23.8 Å². The van der Waals surface area contributed by atoms with E-state index in [0.717, 1.165) is 19.4 Å². The molecule has 18 heavy (non-hydrogen) atoms. The molecule has 0 amide bonds. The molecule has 1 aromatic rings. The molecular formula is C15H22BrNO. The molecule has 2 nitrogen and oxygen atoms in total. The lowest BCUT2D eigenvalue weighted by Crippen LogP contribution is -2.41. The van der Waals surface area contributed by atoms with E-state index in [2.05, 4.69) is 45.5 Å². The largest absolute Gasteiger partial charge is 0.393 e. The van der Waals surface area contributed by atoms with Crippen LogP contribution in [0.2, 0.25) is 0 Å². The van der Waals surface area contributed by atoms with Crippen LogP contribution in [0.1, 0.15) is 44.1 Å². The highest BCUT2D eigenvalue weighted by Crippen LogP contribution is 2.39. The van der Waals surface area contributed by atoms with Crippen molar-refractivity contribution >= 4 is 15.9 Å². The first-order chi connectivity index (χ1) is 8.70. The van der Waals surface area contributed by atoms with E-state index in [0.29, 0.717) is 12.0 Å². The van der Waals surface area contributed by atoms with Crippen LogP contribution in [0.4, 0.5) is 0 Å². The summed E-state index contributed by atoms with van der Waals surface area (Å²) in [6.45, 7) is 2.96. The summed E-state index contributed by atoms with van der Waals surface area (Å²) in [6, 6.07) is 9.14. The van der Waals surface area contributed by atoms with Crippen LogP contribution in [0, 0.1) is 0 Å². The number of rotatable bonds is 6. The van der Waals surface area contributed by atoms with E-state index in [4.69, 9.17) is 0 Å². The van der Waals surface area contributed by atoms with Gasteiger partial charge < -0.3 is 10.4 Å². The fourth-order valence-electron chi connectivity index (χ4n) is 2.50. The van der Waals surface area contributed by atoms with Crippen molar-refractivity contribution in [2.45, 2.75) is 50.7 Å². The van der Waals surface area contributed by atoms with Crippen molar-refractivity contribution in [2.24, 2.45) is 0 Å². The number of hydrogen-bond donors (Lipinski definition) is 2. The molecule has 3 heteroatoms. The topological polar surface area (TPSA) is 32.3 Å². The fraction of sp³-hybridized carbons (Fsp3) is 0.600. The molecule has 1 saturated carbocycles. The second-order valence-electron chi connectivity index (χ2n) is 5.19. The monoisotopic (exact) mass is 311 g/mol. The highest BCUT2D eigenvalue weighted by Gasteiger charge is 2.30. The number of aliphatic hydroxyl groups is 1. The first-order valence-electron chi connectivity index (χ1n) is 6.86. The van der Waals surface area contributed by atoms with Gasteiger partial charge in [0.15, 0.2) is 0 Å². The van der Waals surface area contributed by atoms with Crippen LogP contribution in [0.25, 0.3) is 0 Å². The molecule has 1 atom stereocenters. The summed E-state index contributed by atoms with van der Waals surface area (Å²) in [4.78, 5) is 0. The van der Waals surface area contributed by atoms with Crippen molar-refractivity contribution in [2.75, 3.05) is 6.54 Å². The summed E-state index contributed by atoms with van der Waals surface area (Å²) in [6.07, 6.45) is 4.01. The molecule has 100 valence electrons. The van der Waals surface area contributed by atoms with Crippen LogP contribution in [0.5, 0.6) is 0 Å². The third-order valence-electron chi connectivity index (χ3n) is 3.86. The van der Waals surface area contributed by atoms with E-state index < -0.39 is 0 Å². The number of halogens is 1. The number of aliphatic hydroxyl groups excluding tert-OH is 1. The second-order valence-corrected chi connectivity index (χ2v) is 6.05. The van der Waals surface area contributed by atoms with Gasteiger partial charge in [-0.25, -0.2) is 0 Å². The zero-order valence-electron chi connectivity index (χ0n) is 10.9. The van der Waals surface area contributed by atoms with E-state index in [1.807, 2.05) is 6.92 Å². The summed E-state index contributed by atoms with van der Waals surface area (Å²) in [5, 5.41) is 13.0. The Labute approximate surface area is 118 Å². The van der Waals surface area contributed by atoms with Crippen LogP contribution < -0.4 is 5.32 Å². The summed E-state index contributed by atoms with van der Waals surface area (Å²) in [5.41, 5.74) is 1.43. The number of hydrogen-bond acceptors (Lipinski definition) is 2. The van der Waals surface area contributed by atoms with E-state index in [1.54, 1.807) is 0 Å². The Hall–Kier alpha value is -0.380. The van der Waals surface area contributed by atoms with Gasteiger partial charge in [-0.2, -0.15) is 0 Å². The Bertz CT molecular complexity index is 377. The van der Waals surface area contributed by atoms with Crippen LogP contribution >= 0.6 is 15.9 Å². The maximum atomic E-state index is 9.48. The molecule has 0 saturated heterocycles. The molecule has 0 heterocycles. The van der Waals surface area contributed by atoms with Crippen LogP contribution in [0.3, 0.4) is 0 Å². The lowest BCUT2D eigenvalue weighted by molar-refractivity contribution is 0.155. The smallest absolute Gasteiger partial charge is 0.0549 e. The molecule has 2 N–H and O–H groups in total. The van der Waals surface area contributed by atoms with Gasteiger partial charge in [0, 0.05) is 10.5 Å². The third-order valence-corrected chi connectivity index (χ3v) is 4.59. The maximum Gasteiger partial charge on any atom is 0.0549 e. The van der Waals surface area contributed by atoms with Crippen LogP contribution in [0.15, 0.2) is 28.7 Å². The van der Waals surface area contributed by atoms with Gasteiger partial charge >= 0.3 is 0 Å². The average Bonchev–Trinajstić information content (AvgIpc) is 2.33. The van der Waals surface area contributed by atoms with Crippen molar-refractivity contribution in [1.82, 2.24) is 5.32 Å². The molecule has 0 spiro atoms. The van der Waals surface area contributed by atoms with Gasteiger partial charge in [0.05, 0.1) is 6.10 Å². The molecule has 0 radical (unpaired) electrons. The molecule has 1 aromatic carbocycles. The molecule has 0 aliphatic heterocycles. The molecule has 0 aromatic heterocycles. The van der Waals surface area contributed by atoms with E-state index in [1.165, 1.54) is 22.9 Å². The summed E-state index contributed by atoms with van der Waals surface area (Å²) in [5.74, 6) is 0.689. The standard InChI is InChI=1S/C15H22BrNO/c1-2-13(18)7-8-17-12-9-11(10-12)14-5-3-4-6-15(14)16/h3-6,11-13,17-18H,2,7-10H2,1H3. The van der Waals surface area contributed by atoms with Gasteiger partial charge in [0.25, 0.3) is 0 Å². The molecule has 0 bridgehead atoms. The minimum absolute atomic E-state index is 0.142. The quantitative estimate of drug-likeness (QED) is 0.843. The minimum Gasteiger partial charge on any atom is -0.393 e. The second kappa shape index (κ2) is 6.69. The average molecular weight is 312 g/mol. The number of nitrogens with one attached hydrogen (secondary N) is 1. The van der Waals surface area contributed by atoms with Gasteiger partial charge in [-0.3, -0.25) is 0 Å². The Morgan fingerprint density at radius 2 is 2.11 bits per heavy atom. The summed E-state index contributed by atoms with van der Waals surface area (Å²) in [7, 11) is 0. The predicted molar refractivity (Wildman–Crippen MR) is 78.8 cm³/mol. The maximum absolute atomic E-state index is 9.48. The lowest BCUT2D eigenvalue weighted by atomic mass is 9.76. The Balaban J connectivity index is 1.70. The zero-order valence-corrected chi connectivity index (χ0v) is 12.5. The highest BCUT2D eigenvalue weighted by molar-refractivity contribution is 9.10. The van der Waals surface area contributed by atoms with Crippen LogP contribution in [-0.2, 0) is 0 Å². The van der Waals surface area contributed by atoms with E-state index in [-0.39, 0.29) is 6.10 Å². The molecule has 2 rings (SSSR count). The van der Waals surface area contributed by atoms with Crippen molar-refractivity contribution in [3.05, 3.63) is 34.3 Å². The highest BCUT2D eigenvalue weighted by atomic mass is 79.9. The normalized spacial score (nSPS) is 24.6. The van der Waals surface area contributed by atoms with Crippen molar-refractivity contribution in [3.63, 3.8) is 0 Å². The van der Waals surface area contributed by atoms with Gasteiger partial charge in [0.2, 0.25) is 0 Å².